The summed E-state index contributed by atoms with van der Waals surface area (Å²) in [7, 11) is 0. The van der Waals surface area contributed by atoms with E-state index in [1.165, 1.54) is 0 Å². The van der Waals surface area contributed by atoms with Crippen LogP contribution in [-0.4, -0.2) is 33.8 Å². The van der Waals surface area contributed by atoms with Crippen LogP contribution >= 0.6 is 0 Å². The third-order valence-corrected chi connectivity index (χ3v) is 2.74. The summed E-state index contributed by atoms with van der Waals surface area (Å²) in [6.45, 7) is 3.12. The molecule has 0 amide bonds. The molecule has 1 aromatic rings. The number of aliphatic hydroxyl groups excluding tert-OH is 1. The minimum Gasteiger partial charge on any atom is -0.478 e. The molecule has 0 saturated heterocycles. The van der Waals surface area contributed by atoms with Gasteiger partial charge in [0.05, 0.1) is 12.6 Å². The number of hydrogen-bond acceptors (Lipinski definition) is 4. The van der Waals surface area contributed by atoms with Gasteiger partial charge in [0.25, 0.3) is 0 Å². The van der Waals surface area contributed by atoms with E-state index < -0.39 is 29.7 Å². The van der Waals surface area contributed by atoms with Gasteiger partial charge in [-0.05, 0) is 18.1 Å². The van der Waals surface area contributed by atoms with Crippen molar-refractivity contribution in [2.75, 3.05) is 11.9 Å². The van der Waals surface area contributed by atoms with E-state index in [0.717, 1.165) is 6.07 Å². The molecule has 0 aliphatic carbocycles. The molecule has 0 fully saturated rings. The first-order chi connectivity index (χ1) is 9.16. The number of rotatable bonds is 5. The summed E-state index contributed by atoms with van der Waals surface area (Å²) in [5.74, 6) is -1.91. The number of nitrogens with zero attached hydrogens (tertiary/aromatic N) is 1. The lowest BCUT2D eigenvalue weighted by Gasteiger charge is -2.22. The lowest BCUT2D eigenvalue weighted by Crippen LogP contribution is -2.31. The summed E-state index contributed by atoms with van der Waals surface area (Å²) < 4.78 is 37.8. The zero-order valence-electron chi connectivity index (χ0n) is 10.9. The van der Waals surface area contributed by atoms with Crippen molar-refractivity contribution in [3.05, 3.63) is 23.4 Å². The van der Waals surface area contributed by atoms with E-state index >= 15 is 0 Å². The number of nitrogens with one attached hydrogen (secondary N) is 1. The summed E-state index contributed by atoms with van der Waals surface area (Å²) in [4.78, 5) is 14.3. The second kappa shape index (κ2) is 6.08. The molecular formula is C12H15F3N2O3. The fourth-order valence-corrected chi connectivity index (χ4v) is 1.50. The Kier molecular flexibility index (Phi) is 4.93. The second-order valence-corrected chi connectivity index (χ2v) is 4.57. The largest absolute Gasteiger partial charge is 0.478 e. The summed E-state index contributed by atoms with van der Waals surface area (Å²) in [5.41, 5.74) is -1.57. The summed E-state index contributed by atoms with van der Waals surface area (Å²) in [6, 6.07) is 0.858. The summed E-state index contributed by atoms with van der Waals surface area (Å²) in [6.07, 6.45) is -4.67. The first-order valence-electron chi connectivity index (χ1n) is 5.85. The molecule has 112 valence electrons. The molecule has 0 aliphatic heterocycles. The lowest BCUT2D eigenvalue weighted by molar-refractivity contribution is -0.141. The van der Waals surface area contributed by atoms with Gasteiger partial charge in [0.1, 0.15) is 17.1 Å². The van der Waals surface area contributed by atoms with Crippen molar-refractivity contribution in [3.8, 4) is 0 Å². The Hall–Kier alpha value is -1.83. The third kappa shape index (κ3) is 3.83. The average molecular weight is 292 g/mol. The number of hydrogen-bond donors (Lipinski definition) is 3. The van der Waals surface area contributed by atoms with Crippen molar-refractivity contribution in [2.45, 2.75) is 26.1 Å². The Morgan fingerprint density at radius 3 is 2.40 bits per heavy atom. The molecule has 0 bridgehead atoms. The molecule has 1 aromatic heterocycles. The van der Waals surface area contributed by atoms with E-state index in [4.69, 9.17) is 10.2 Å². The van der Waals surface area contributed by atoms with Crippen LogP contribution in [0.2, 0.25) is 0 Å². The summed E-state index contributed by atoms with van der Waals surface area (Å²) in [5, 5.41) is 20.7. The Morgan fingerprint density at radius 2 is 2.00 bits per heavy atom. The molecule has 1 atom stereocenters. The molecule has 0 aliphatic rings. The molecule has 0 saturated carbocycles. The van der Waals surface area contributed by atoms with E-state index in [0.29, 0.717) is 6.07 Å². The van der Waals surface area contributed by atoms with Gasteiger partial charge in [0.15, 0.2) is 0 Å². The van der Waals surface area contributed by atoms with Gasteiger partial charge < -0.3 is 15.5 Å². The molecule has 0 radical (unpaired) electrons. The van der Waals surface area contributed by atoms with Gasteiger partial charge in [-0.2, -0.15) is 13.2 Å². The quantitative estimate of drug-likeness (QED) is 0.775. The Morgan fingerprint density at radius 1 is 1.40 bits per heavy atom. The van der Waals surface area contributed by atoms with E-state index in [9.17, 15) is 18.0 Å². The molecule has 3 N–H and O–H groups in total. The van der Waals surface area contributed by atoms with Crippen LogP contribution in [-0.2, 0) is 6.18 Å². The van der Waals surface area contributed by atoms with E-state index in [1.807, 2.05) is 0 Å². The first-order valence-corrected chi connectivity index (χ1v) is 5.85. The van der Waals surface area contributed by atoms with Gasteiger partial charge in [-0.1, -0.05) is 13.8 Å². The lowest BCUT2D eigenvalue weighted by atomic mass is 10.1. The minimum atomic E-state index is -4.67. The molecule has 0 spiro atoms. The molecule has 20 heavy (non-hydrogen) atoms. The Labute approximate surface area is 113 Å². The average Bonchev–Trinajstić information content (AvgIpc) is 2.33. The maximum absolute atomic E-state index is 12.6. The minimum absolute atomic E-state index is 0.113. The normalized spacial score (nSPS) is 13.3. The van der Waals surface area contributed by atoms with Crippen LogP contribution in [0.1, 0.15) is 29.9 Å². The van der Waals surface area contributed by atoms with Crippen molar-refractivity contribution in [3.63, 3.8) is 0 Å². The zero-order chi connectivity index (χ0) is 15.5. The van der Waals surface area contributed by atoms with Crippen LogP contribution in [0.25, 0.3) is 0 Å². The van der Waals surface area contributed by atoms with Crippen molar-refractivity contribution in [2.24, 2.45) is 5.92 Å². The van der Waals surface area contributed by atoms with Gasteiger partial charge in [-0.25, -0.2) is 9.78 Å². The molecular weight excluding hydrogens is 277 g/mol. The molecule has 0 aromatic carbocycles. The fraction of sp³-hybridized carbons (Fsp3) is 0.500. The predicted molar refractivity (Wildman–Crippen MR) is 65.5 cm³/mol. The van der Waals surface area contributed by atoms with Gasteiger partial charge in [0.2, 0.25) is 0 Å². The standard InChI is InChI=1S/C12H15F3N2O3/c1-6(2)8(5-18)16-10-7(11(19)20)3-4-9(17-10)12(13,14)15/h3-4,6,8,18H,5H2,1-2H3,(H,16,17)(H,19,20)/t8-/m1/s1. The smallest absolute Gasteiger partial charge is 0.433 e. The Bertz CT molecular complexity index is 489. The van der Waals surface area contributed by atoms with Crippen molar-refractivity contribution in [1.82, 2.24) is 4.98 Å². The van der Waals surface area contributed by atoms with Crippen LogP contribution in [0, 0.1) is 5.92 Å². The van der Waals surface area contributed by atoms with E-state index in [-0.39, 0.29) is 18.1 Å². The number of halogens is 3. The Balaban J connectivity index is 3.22. The highest BCUT2D eigenvalue weighted by atomic mass is 19.4. The number of carboxylic acids is 1. The van der Waals surface area contributed by atoms with Crippen LogP contribution in [0.4, 0.5) is 19.0 Å². The van der Waals surface area contributed by atoms with Crippen molar-refractivity contribution in [1.29, 1.82) is 0 Å². The highest BCUT2D eigenvalue weighted by Gasteiger charge is 2.33. The number of carbonyl (C=O) groups is 1. The second-order valence-electron chi connectivity index (χ2n) is 4.57. The van der Waals surface area contributed by atoms with E-state index in [2.05, 4.69) is 10.3 Å². The van der Waals surface area contributed by atoms with Crippen molar-refractivity contribution >= 4 is 11.8 Å². The molecule has 1 heterocycles. The van der Waals surface area contributed by atoms with Crippen LogP contribution in [0.15, 0.2) is 12.1 Å². The molecule has 0 unspecified atom stereocenters. The number of alkyl halides is 3. The summed E-state index contributed by atoms with van der Waals surface area (Å²) >= 11 is 0. The number of aromatic carboxylic acids is 1. The number of pyridine rings is 1. The first kappa shape index (κ1) is 16.2. The van der Waals surface area contributed by atoms with Gasteiger partial charge in [-0.15, -0.1) is 0 Å². The maximum atomic E-state index is 12.6. The molecule has 1 rings (SSSR count). The van der Waals surface area contributed by atoms with Crippen molar-refractivity contribution < 1.29 is 28.2 Å². The maximum Gasteiger partial charge on any atom is 0.433 e. The molecule has 8 heteroatoms. The molecule has 5 nitrogen and oxygen atoms in total. The van der Waals surface area contributed by atoms with E-state index in [1.54, 1.807) is 13.8 Å². The zero-order valence-corrected chi connectivity index (χ0v) is 10.9. The predicted octanol–water partition coefficient (Wildman–Crippen LogP) is 2.23. The number of aromatic nitrogens is 1. The number of anilines is 1. The van der Waals surface area contributed by atoms with Crippen LogP contribution in [0.5, 0.6) is 0 Å². The monoisotopic (exact) mass is 292 g/mol. The van der Waals surface area contributed by atoms with Gasteiger partial charge >= 0.3 is 12.1 Å². The van der Waals surface area contributed by atoms with Gasteiger partial charge in [0, 0.05) is 0 Å². The SMILES string of the molecule is CC(C)[C@@H](CO)Nc1nc(C(F)(F)F)ccc1C(=O)O. The van der Waals surface area contributed by atoms with Crippen LogP contribution < -0.4 is 5.32 Å². The van der Waals surface area contributed by atoms with Crippen LogP contribution in [0.3, 0.4) is 0 Å². The number of carboxylic acid groups (broad SMARTS) is 1. The number of aliphatic hydroxyl groups is 1. The highest BCUT2D eigenvalue weighted by molar-refractivity contribution is 5.93. The highest BCUT2D eigenvalue weighted by Crippen LogP contribution is 2.30. The fourth-order valence-electron chi connectivity index (χ4n) is 1.50. The van der Waals surface area contributed by atoms with Gasteiger partial charge in [-0.3, -0.25) is 0 Å². The topological polar surface area (TPSA) is 82.5 Å². The third-order valence-electron chi connectivity index (χ3n) is 2.74.